The molecule has 0 aliphatic carbocycles. The molecular weight excluding hydrogens is 500 g/mol. The van der Waals surface area contributed by atoms with Gasteiger partial charge in [-0.15, -0.1) is 10.2 Å². The Morgan fingerprint density at radius 2 is 1.73 bits per heavy atom. The fraction of sp³-hybridized carbons (Fsp3) is 0.281. The summed E-state index contributed by atoms with van der Waals surface area (Å²) in [6, 6.07) is 26.6. The highest BCUT2D eigenvalue weighted by molar-refractivity contribution is 5.84. The van der Waals surface area contributed by atoms with Gasteiger partial charge in [-0.3, -0.25) is 4.79 Å². The molecule has 206 valence electrons. The van der Waals surface area contributed by atoms with E-state index in [0.29, 0.717) is 25.8 Å². The summed E-state index contributed by atoms with van der Waals surface area (Å²) in [6.45, 7) is 2.39. The molecule has 0 spiro atoms. The molecule has 2 unspecified atom stereocenters. The third-order valence-corrected chi connectivity index (χ3v) is 7.58. The molecule has 5 N–H and O–H groups in total. The molecule has 0 saturated carbocycles. The predicted molar refractivity (Wildman–Crippen MR) is 157 cm³/mol. The van der Waals surface area contributed by atoms with Crippen molar-refractivity contribution in [2.45, 2.75) is 50.6 Å². The van der Waals surface area contributed by atoms with Gasteiger partial charge >= 0.3 is 0 Å². The van der Waals surface area contributed by atoms with Crippen molar-refractivity contribution in [3.8, 4) is 5.75 Å². The number of hydrogen-bond acceptors (Lipinski definition) is 5. The zero-order valence-electron chi connectivity index (χ0n) is 23.0. The van der Waals surface area contributed by atoms with Gasteiger partial charge in [0, 0.05) is 36.0 Å². The number of methoxy groups -OCH3 is 1. The third-order valence-electron chi connectivity index (χ3n) is 7.58. The molecule has 0 radical (unpaired) electrons. The fourth-order valence-electron chi connectivity index (χ4n) is 5.27. The highest BCUT2D eigenvalue weighted by Gasteiger charge is 2.33. The van der Waals surface area contributed by atoms with Crippen LogP contribution < -0.4 is 16.2 Å². The number of rotatable bonds is 12. The number of nitrogens with zero attached hydrogens (tertiary/aromatic N) is 3. The first kappa shape index (κ1) is 27.1. The molecule has 8 heteroatoms. The van der Waals surface area contributed by atoms with Crippen LogP contribution in [0.25, 0.3) is 10.9 Å². The maximum atomic E-state index is 12.3. The van der Waals surface area contributed by atoms with E-state index in [-0.39, 0.29) is 5.92 Å². The number of hydrogen-bond donors (Lipinski definition) is 3. The van der Waals surface area contributed by atoms with Crippen molar-refractivity contribution < 1.29 is 9.53 Å². The molecule has 2 atom stereocenters. The van der Waals surface area contributed by atoms with Gasteiger partial charge in [0.25, 0.3) is 0 Å². The molecule has 0 fully saturated rings. The van der Waals surface area contributed by atoms with Gasteiger partial charge in [0.05, 0.1) is 12.6 Å². The van der Waals surface area contributed by atoms with E-state index in [1.54, 1.807) is 14.0 Å². The minimum atomic E-state index is -1.21. The number of carbonyl (C=O) groups is 1. The van der Waals surface area contributed by atoms with Crippen molar-refractivity contribution in [2.24, 2.45) is 11.5 Å². The minimum Gasteiger partial charge on any atom is -0.497 e. The topological polar surface area (TPSA) is 125 Å². The van der Waals surface area contributed by atoms with Crippen LogP contribution in [0.1, 0.15) is 47.6 Å². The molecule has 5 aromatic rings. The Balaban J connectivity index is 1.54. The monoisotopic (exact) mass is 536 g/mol. The summed E-state index contributed by atoms with van der Waals surface area (Å²) < 4.78 is 7.53. The average molecular weight is 537 g/mol. The number of carbonyl (C=O) groups excluding carboxylic acids is 1. The predicted octanol–water partition coefficient (Wildman–Crippen LogP) is 4.52. The second-order valence-electron chi connectivity index (χ2n) is 10.6. The number of amides is 1. The van der Waals surface area contributed by atoms with E-state index in [4.69, 9.17) is 21.3 Å². The number of fused-ring (bicyclic) bond motifs is 1. The first-order valence-electron chi connectivity index (χ1n) is 13.6. The van der Waals surface area contributed by atoms with Gasteiger partial charge in [0.15, 0.2) is 0 Å². The Labute approximate surface area is 234 Å². The normalized spacial score (nSPS) is 13.7. The van der Waals surface area contributed by atoms with E-state index < -0.39 is 11.4 Å². The molecule has 0 aliphatic rings. The van der Waals surface area contributed by atoms with Gasteiger partial charge in [-0.2, -0.15) is 0 Å². The molecule has 2 aromatic heterocycles. The lowest BCUT2D eigenvalue weighted by Gasteiger charge is -2.27. The number of aryl methyl sites for hydroxylation is 1. The van der Waals surface area contributed by atoms with E-state index >= 15 is 0 Å². The van der Waals surface area contributed by atoms with Crippen LogP contribution in [0.3, 0.4) is 0 Å². The molecular formula is C32H36N6O2. The van der Waals surface area contributed by atoms with Crippen LogP contribution in [-0.4, -0.2) is 38.3 Å². The van der Waals surface area contributed by atoms with Crippen LogP contribution in [0.4, 0.5) is 0 Å². The second-order valence-corrected chi connectivity index (χ2v) is 10.6. The van der Waals surface area contributed by atoms with Gasteiger partial charge < -0.3 is 25.8 Å². The summed E-state index contributed by atoms with van der Waals surface area (Å²) in [7, 11) is 1.66. The number of nitrogens with one attached hydrogen (secondary N) is 1. The van der Waals surface area contributed by atoms with Gasteiger partial charge in [-0.05, 0) is 61.1 Å². The number of aromatic nitrogens is 4. The number of ether oxygens (including phenoxy) is 1. The zero-order valence-corrected chi connectivity index (χ0v) is 23.0. The Kier molecular flexibility index (Phi) is 7.98. The van der Waals surface area contributed by atoms with Gasteiger partial charge in [-0.1, -0.05) is 60.7 Å². The van der Waals surface area contributed by atoms with Gasteiger partial charge in [0.1, 0.15) is 17.4 Å². The summed E-state index contributed by atoms with van der Waals surface area (Å²) in [5.74, 6) is 1.75. The largest absolute Gasteiger partial charge is 0.497 e. The molecule has 3 aromatic carbocycles. The summed E-state index contributed by atoms with van der Waals surface area (Å²) in [5, 5.41) is 10.5. The average Bonchev–Trinajstić information content (AvgIpc) is 3.56. The first-order valence-corrected chi connectivity index (χ1v) is 13.6. The van der Waals surface area contributed by atoms with Gasteiger partial charge in [0.2, 0.25) is 5.91 Å². The molecule has 40 heavy (non-hydrogen) atoms. The second kappa shape index (κ2) is 11.8. The Hall–Kier alpha value is -4.43. The van der Waals surface area contributed by atoms with E-state index in [1.807, 2.05) is 60.8 Å². The number of aromatic amines is 1. The maximum absolute atomic E-state index is 12.3. The zero-order chi connectivity index (χ0) is 28.1. The van der Waals surface area contributed by atoms with Crippen LogP contribution >= 0.6 is 0 Å². The number of nitrogens with two attached hydrogens (primary N) is 2. The van der Waals surface area contributed by atoms with Crippen LogP contribution in [0.2, 0.25) is 0 Å². The third kappa shape index (κ3) is 6.07. The SMILES string of the molecule is COc1ccc(Cc2nnc(C(Cc3c[nH]c4ccccc34)CC(C)(N)C(N)=O)n2CCc2ccccc2)cc1. The lowest BCUT2D eigenvalue weighted by Crippen LogP contribution is -2.50. The van der Waals surface area contributed by atoms with Crippen molar-refractivity contribution in [3.05, 3.63) is 113 Å². The van der Waals surface area contributed by atoms with Crippen LogP contribution in [0, 0.1) is 0 Å². The molecule has 5 rings (SSSR count). The smallest absolute Gasteiger partial charge is 0.237 e. The summed E-state index contributed by atoms with van der Waals surface area (Å²) in [5.41, 5.74) is 15.5. The van der Waals surface area contributed by atoms with Crippen LogP contribution in [-0.2, 0) is 30.6 Å². The van der Waals surface area contributed by atoms with Crippen molar-refractivity contribution in [1.82, 2.24) is 19.7 Å². The summed E-state index contributed by atoms with van der Waals surface area (Å²) >= 11 is 0. The Morgan fingerprint density at radius 3 is 2.45 bits per heavy atom. The molecule has 2 heterocycles. The van der Waals surface area contributed by atoms with Crippen molar-refractivity contribution in [2.75, 3.05) is 7.11 Å². The number of benzene rings is 3. The Morgan fingerprint density at radius 1 is 1.00 bits per heavy atom. The van der Waals surface area contributed by atoms with Crippen LogP contribution in [0.5, 0.6) is 5.75 Å². The lowest BCUT2D eigenvalue weighted by atomic mass is 9.84. The highest BCUT2D eigenvalue weighted by Crippen LogP contribution is 2.32. The van der Waals surface area contributed by atoms with Crippen molar-refractivity contribution in [1.29, 1.82) is 0 Å². The molecule has 0 aliphatic heterocycles. The highest BCUT2D eigenvalue weighted by atomic mass is 16.5. The van der Waals surface area contributed by atoms with Gasteiger partial charge in [-0.25, -0.2) is 0 Å². The Bertz CT molecular complexity index is 1570. The minimum absolute atomic E-state index is 0.186. The molecule has 0 bridgehead atoms. The number of primary amides is 1. The fourth-order valence-corrected chi connectivity index (χ4v) is 5.27. The molecule has 8 nitrogen and oxygen atoms in total. The maximum Gasteiger partial charge on any atom is 0.237 e. The standard InChI is InChI=1S/C32H36N6O2/c1-32(34,31(33)39)20-24(19-25-21-35-28-11-7-6-10-27(25)28)30-37-36-29(18-23-12-14-26(40-2)15-13-23)38(30)17-16-22-8-4-3-5-9-22/h3-15,21,24,35H,16-20,34H2,1-2H3,(H2,33,39). The number of H-pyrrole nitrogens is 1. The van der Waals surface area contributed by atoms with E-state index in [0.717, 1.165) is 45.8 Å². The van der Waals surface area contributed by atoms with Crippen molar-refractivity contribution in [3.63, 3.8) is 0 Å². The van der Waals surface area contributed by atoms with E-state index in [9.17, 15) is 4.79 Å². The van der Waals surface area contributed by atoms with Crippen LogP contribution in [0.15, 0.2) is 85.1 Å². The van der Waals surface area contributed by atoms with E-state index in [1.165, 1.54) is 5.56 Å². The quantitative estimate of drug-likeness (QED) is 0.216. The number of para-hydroxylation sites is 1. The van der Waals surface area contributed by atoms with Crippen molar-refractivity contribution >= 4 is 16.8 Å². The lowest BCUT2D eigenvalue weighted by molar-refractivity contribution is -0.122. The molecule has 1 amide bonds. The first-order chi connectivity index (χ1) is 19.3. The summed E-state index contributed by atoms with van der Waals surface area (Å²) in [6.07, 6.45) is 4.43. The molecule has 0 saturated heterocycles. The summed E-state index contributed by atoms with van der Waals surface area (Å²) in [4.78, 5) is 15.7. The van der Waals surface area contributed by atoms with E-state index in [2.05, 4.69) is 38.9 Å².